The first-order valence-corrected chi connectivity index (χ1v) is 7.88. The van der Waals surface area contributed by atoms with E-state index in [-0.39, 0.29) is 5.97 Å². The van der Waals surface area contributed by atoms with Gasteiger partial charge in [0.2, 0.25) is 0 Å². The van der Waals surface area contributed by atoms with Crippen molar-refractivity contribution in [2.24, 2.45) is 7.05 Å². The van der Waals surface area contributed by atoms with Crippen molar-refractivity contribution in [1.29, 1.82) is 0 Å². The molecule has 2 aromatic heterocycles. The van der Waals surface area contributed by atoms with Crippen LogP contribution in [0.15, 0.2) is 30.6 Å². The SMILES string of the molecule is CCOC(=O)c1cc2ncn(C)c2n1Cc1ccc(Cl)c(Cl)c1. The molecule has 0 bridgehead atoms. The molecular weight excluding hydrogens is 337 g/mol. The Bertz CT molecular complexity index is 883. The Morgan fingerprint density at radius 2 is 2.04 bits per heavy atom. The van der Waals surface area contributed by atoms with Gasteiger partial charge in [-0.15, -0.1) is 0 Å². The summed E-state index contributed by atoms with van der Waals surface area (Å²) in [5.41, 5.74) is 2.99. The highest BCUT2D eigenvalue weighted by atomic mass is 35.5. The van der Waals surface area contributed by atoms with Gasteiger partial charge in [0.1, 0.15) is 16.9 Å². The van der Waals surface area contributed by atoms with E-state index in [2.05, 4.69) is 4.98 Å². The number of hydrogen-bond acceptors (Lipinski definition) is 3. The summed E-state index contributed by atoms with van der Waals surface area (Å²) in [5, 5.41) is 0.981. The van der Waals surface area contributed by atoms with Crippen LogP contribution in [0.4, 0.5) is 0 Å². The van der Waals surface area contributed by atoms with Crippen LogP contribution in [0.25, 0.3) is 11.2 Å². The van der Waals surface area contributed by atoms with Crippen molar-refractivity contribution in [2.75, 3.05) is 6.61 Å². The van der Waals surface area contributed by atoms with Crippen LogP contribution >= 0.6 is 23.2 Å². The first kappa shape index (κ1) is 15.9. The third kappa shape index (κ3) is 2.94. The number of carbonyl (C=O) groups is 1. The third-order valence-corrected chi connectivity index (χ3v) is 4.30. The second-order valence-electron chi connectivity index (χ2n) is 5.15. The Kier molecular flexibility index (Phi) is 4.33. The lowest BCUT2D eigenvalue weighted by Gasteiger charge is -2.11. The van der Waals surface area contributed by atoms with Crippen molar-refractivity contribution >= 4 is 40.3 Å². The molecule has 0 saturated carbocycles. The number of ether oxygens (including phenoxy) is 1. The Balaban J connectivity index is 2.09. The molecule has 0 N–H and O–H groups in total. The van der Waals surface area contributed by atoms with E-state index in [1.165, 1.54) is 0 Å². The van der Waals surface area contributed by atoms with Crippen molar-refractivity contribution in [2.45, 2.75) is 13.5 Å². The van der Waals surface area contributed by atoms with Gasteiger partial charge in [-0.25, -0.2) is 9.78 Å². The predicted molar refractivity (Wildman–Crippen MR) is 90.2 cm³/mol. The second-order valence-corrected chi connectivity index (χ2v) is 5.96. The second kappa shape index (κ2) is 6.26. The number of aromatic nitrogens is 3. The summed E-state index contributed by atoms with van der Waals surface area (Å²) in [6.07, 6.45) is 1.71. The van der Waals surface area contributed by atoms with Gasteiger partial charge in [-0.05, 0) is 30.7 Å². The first-order valence-electron chi connectivity index (χ1n) is 7.13. The summed E-state index contributed by atoms with van der Waals surface area (Å²) in [5.74, 6) is -0.370. The van der Waals surface area contributed by atoms with Gasteiger partial charge >= 0.3 is 5.97 Å². The number of hydrogen-bond donors (Lipinski definition) is 0. The molecule has 3 aromatic rings. The average Bonchev–Trinajstić information content (AvgIpc) is 3.04. The van der Waals surface area contributed by atoms with Crippen molar-refractivity contribution in [3.05, 3.63) is 51.9 Å². The van der Waals surface area contributed by atoms with Gasteiger partial charge in [-0.3, -0.25) is 0 Å². The van der Waals surface area contributed by atoms with Gasteiger partial charge in [-0.2, -0.15) is 0 Å². The minimum atomic E-state index is -0.370. The molecule has 0 aliphatic rings. The maximum atomic E-state index is 12.2. The molecule has 0 amide bonds. The lowest BCUT2D eigenvalue weighted by Crippen LogP contribution is -2.14. The van der Waals surface area contributed by atoms with Gasteiger partial charge in [0.15, 0.2) is 0 Å². The fourth-order valence-corrected chi connectivity index (χ4v) is 2.87. The Morgan fingerprint density at radius 1 is 1.26 bits per heavy atom. The van der Waals surface area contributed by atoms with E-state index < -0.39 is 0 Å². The standard InChI is InChI=1S/C16H15Cl2N3O2/c1-3-23-16(22)14-7-13-15(20(2)9-19-13)21(14)8-10-4-5-11(17)12(18)6-10/h4-7,9H,3,8H2,1-2H3. The van der Waals surface area contributed by atoms with Crippen LogP contribution in [0.2, 0.25) is 10.0 Å². The largest absolute Gasteiger partial charge is 0.461 e. The van der Waals surface area contributed by atoms with E-state index in [0.717, 1.165) is 16.7 Å². The lowest BCUT2D eigenvalue weighted by molar-refractivity contribution is 0.0515. The Hall–Kier alpha value is -1.98. The van der Waals surface area contributed by atoms with Crippen molar-refractivity contribution < 1.29 is 9.53 Å². The molecule has 7 heteroatoms. The normalized spacial score (nSPS) is 11.1. The molecule has 1 aromatic carbocycles. The predicted octanol–water partition coefficient (Wildman–Crippen LogP) is 3.91. The van der Waals surface area contributed by atoms with Gasteiger partial charge in [0.25, 0.3) is 0 Å². The summed E-state index contributed by atoms with van der Waals surface area (Å²) in [6.45, 7) is 2.57. The molecule has 0 atom stereocenters. The van der Waals surface area contributed by atoms with Crippen molar-refractivity contribution in [3.8, 4) is 0 Å². The first-order chi connectivity index (χ1) is 11.0. The highest BCUT2D eigenvalue weighted by molar-refractivity contribution is 6.42. The molecule has 2 heterocycles. The molecule has 0 radical (unpaired) electrons. The van der Waals surface area contributed by atoms with E-state index in [9.17, 15) is 4.79 Å². The maximum Gasteiger partial charge on any atom is 0.355 e. The Labute approximate surface area is 143 Å². The zero-order valence-electron chi connectivity index (χ0n) is 12.7. The summed E-state index contributed by atoms with van der Waals surface area (Å²) in [7, 11) is 1.88. The third-order valence-electron chi connectivity index (χ3n) is 3.56. The molecule has 0 aliphatic carbocycles. The van der Waals surface area contributed by atoms with Gasteiger partial charge in [0.05, 0.1) is 23.0 Å². The molecule has 0 aliphatic heterocycles. The monoisotopic (exact) mass is 351 g/mol. The Morgan fingerprint density at radius 3 is 2.74 bits per heavy atom. The zero-order valence-corrected chi connectivity index (χ0v) is 14.2. The van der Waals surface area contributed by atoms with Crippen LogP contribution in [-0.2, 0) is 18.3 Å². The summed E-state index contributed by atoms with van der Waals surface area (Å²) in [4.78, 5) is 16.5. The fourth-order valence-electron chi connectivity index (χ4n) is 2.55. The minimum absolute atomic E-state index is 0.320. The number of fused-ring (bicyclic) bond motifs is 1. The van der Waals surface area contributed by atoms with Gasteiger partial charge < -0.3 is 13.9 Å². The summed E-state index contributed by atoms with van der Waals surface area (Å²) >= 11 is 12.0. The topological polar surface area (TPSA) is 49.0 Å². The molecular formula is C16H15Cl2N3O2. The van der Waals surface area contributed by atoms with Crippen LogP contribution in [0.3, 0.4) is 0 Å². The van der Waals surface area contributed by atoms with Crippen molar-refractivity contribution in [3.63, 3.8) is 0 Å². The molecule has 0 spiro atoms. The highest BCUT2D eigenvalue weighted by Crippen LogP contribution is 2.25. The average molecular weight is 352 g/mol. The molecule has 120 valence electrons. The molecule has 0 unspecified atom stereocenters. The molecule has 0 fully saturated rings. The van der Waals surface area contributed by atoms with Crippen LogP contribution in [0.5, 0.6) is 0 Å². The van der Waals surface area contributed by atoms with E-state index in [0.29, 0.717) is 28.9 Å². The van der Waals surface area contributed by atoms with Crippen LogP contribution in [0, 0.1) is 0 Å². The van der Waals surface area contributed by atoms with Gasteiger partial charge in [0, 0.05) is 13.6 Å². The number of aryl methyl sites for hydroxylation is 1. The van der Waals surface area contributed by atoms with Crippen molar-refractivity contribution in [1.82, 2.24) is 14.1 Å². The van der Waals surface area contributed by atoms with E-state index in [4.69, 9.17) is 27.9 Å². The number of nitrogens with zero attached hydrogens (tertiary/aromatic N) is 3. The maximum absolute atomic E-state index is 12.2. The number of imidazole rings is 1. The number of benzene rings is 1. The fraction of sp³-hybridized carbons (Fsp3) is 0.250. The molecule has 0 saturated heterocycles. The van der Waals surface area contributed by atoms with Gasteiger partial charge in [-0.1, -0.05) is 29.3 Å². The summed E-state index contributed by atoms with van der Waals surface area (Å²) in [6, 6.07) is 7.16. The van der Waals surface area contributed by atoms with E-state index in [1.54, 1.807) is 31.5 Å². The van der Waals surface area contributed by atoms with Crippen LogP contribution in [-0.4, -0.2) is 26.7 Å². The molecule has 5 nitrogen and oxygen atoms in total. The van der Waals surface area contributed by atoms with E-state index >= 15 is 0 Å². The zero-order chi connectivity index (χ0) is 16.6. The molecule has 3 rings (SSSR count). The van der Waals surface area contributed by atoms with Crippen LogP contribution < -0.4 is 0 Å². The number of halogens is 2. The molecule has 23 heavy (non-hydrogen) atoms. The minimum Gasteiger partial charge on any atom is -0.461 e. The summed E-state index contributed by atoms with van der Waals surface area (Å²) < 4.78 is 8.89. The smallest absolute Gasteiger partial charge is 0.355 e. The van der Waals surface area contributed by atoms with Crippen LogP contribution in [0.1, 0.15) is 23.0 Å². The number of esters is 1. The number of carbonyl (C=O) groups excluding carboxylic acids is 1. The quantitative estimate of drug-likeness (QED) is 0.669. The number of rotatable bonds is 4. The highest BCUT2D eigenvalue weighted by Gasteiger charge is 2.19. The lowest BCUT2D eigenvalue weighted by atomic mass is 10.2. The van der Waals surface area contributed by atoms with E-state index in [1.807, 2.05) is 22.2 Å².